The number of hydrogen-bond donors (Lipinski definition) is 0. The molecule has 23 heavy (non-hydrogen) atoms. The number of hydrogen-bond acceptors (Lipinski definition) is 2. The summed E-state index contributed by atoms with van der Waals surface area (Å²) in [5.74, 6) is -0.119. The maximum absolute atomic E-state index is 6.20. The lowest BCUT2D eigenvalue weighted by Crippen LogP contribution is -2.35. The Morgan fingerprint density at radius 1 is 1.04 bits per heavy atom. The van der Waals surface area contributed by atoms with E-state index in [0.717, 1.165) is 23.4 Å². The van der Waals surface area contributed by atoms with Crippen molar-refractivity contribution < 1.29 is 9.47 Å². The second kappa shape index (κ2) is 6.12. The lowest BCUT2D eigenvalue weighted by Gasteiger charge is -2.35. The van der Waals surface area contributed by atoms with Gasteiger partial charge in [0.1, 0.15) is 0 Å². The Balaban J connectivity index is 1.54. The van der Waals surface area contributed by atoms with Crippen LogP contribution in [0, 0.1) is 5.92 Å². The average molecular weight is 327 g/mol. The second-order valence-electron chi connectivity index (χ2n) is 6.28. The van der Waals surface area contributed by atoms with E-state index in [1.54, 1.807) is 0 Å². The molecule has 4 rings (SSSR count). The van der Waals surface area contributed by atoms with E-state index in [1.165, 1.54) is 5.56 Å². The summed E-state index contributed by atoms with van der Waals surface area (Å²) in [7, 11) is 0. The quantitative estimate of drug-likeness (QED) is 0.787. The molecular formula is C20H19ClO2. The molecule has 0 aliphatic carbocycles. The molecule has 2 fully saturated rings. The summed E-state index contributed by atoms with van der Waals surface area (Å²) >= 11 is 5.94. The van der Waals surface area contributed by atoms with Gasteiger partial charge < -0.3 is 9.47 Å². The summed E-state index contributed by atoms with van der Waals surface area (Å²) in [6.45, 7) is 0.681. The van der Waals surface area contributed by atoms with Crippen LogP contribution in [-0.2, 0) is 15.3 Å². The maximum Gasteiger partial charge on any atom is 0.195 e. The van der Waals surface area contributed by atoms with Gasteiger partial charge in [-0.3, -0.25) is 0 Å². The van der Waals surface area contributed by atoms with Gasteiger partial charge in [-0.2, -0.15) is 0 Å². The zero-order chi connectivity index (χ0) is 15.7. The molecule has 0 unspecified atom stereocenters. The van der Waals surface area contributed by atoms with Crippen molar-refractivity contribution in [3.8, 4) is 0 Å². The van der Waals surface area contributed by atoms with E-state index >= 15 is 0 Å². The number of rotatable bonds is 3. The fourth-order valence-electron chi connectivity index (χ4n) is 3.48. The third-order valence-electron chi connectivity index (χ3n) is 4.60. The second-order valence-corrected chi connectivity index (χ2v) is 6.72. The van der Waals surface area contributed by atoms with Crippen LogP contribution in [0.1, 0.15) is 24.0 Å². The highest BCUT2D eigenvalue weighted by Crippen LogP contribution is 2.46. The molecule has 0 amide bonds. The van der Waals surface area contributed by atoms with Gasteiger partial charge in [0.2, 0.25) is 0 Å². The van der Waals surface area contributed by atoms with Crippen molar-refractivity contribution in [2.45, 2.75) is 24.7 Å². The Labute approximate surface area is 141 Å². The van der Waals surface area contributed by atoms with Crippen molar-refractivity contribution in [1.29, 1.82) is 0 Å². The molecule has 0 N–H and O–H groups in total. The summed E-state index contributed by atoms with van der Waals surface area (Å²) in [6.07, 6.45) is 6.51. The Kier molecular flexibility index (Phi) is 3.98. The van der Waals surface area contributed by atoms with Crippen LogP contribution in [0.5, 0.6) is 0 Å². The van der Waals surface area contributed by atoms with Crippen molar-refractivity contribution in [3.05, 3.63) is 76.8 Å². The van der Waals surface area contributed by atoms with Crippen LogP contribution < -0.4 is 0 Å². The molecule has 2 aliphatic heterocycles. The van der Waals surface area contributed by atoms with Gasteiger partial charge in [0.25, 0.3) is 0 Å². The molecule has 2 aliphatic rings. The van der Waals surface area contributed by atoms with E-state index in [1.807, 2.05) is 42.5 Å². The standard InChI is InChI=1S/C20H19ClO2/c21-18-10-8-15(9-11-18)6-7-16-12-19-14-22-20(13-16,23-19)17-4-2-1-3-5-17/h1-11,16,19H,12-14H2/b7-6+/t16-,19-,20-/m0/s1. The molecule has 2 aromatic rings. The van der Waals surface area contributed by atoms with Crippen molar-refractivity contribution in [3.63, 3.8) is 0 Å². The number of ether oxygens (including phenoxy) is 2. The first-order valence-electron chi connectivity index (χ1n) is 8.05. The minimum atomic E-state index is -0.570. The summed E-state index contributed by atoms with van der Waals surface area (Å²) in [5.41, 5.74) is 2.29. The van der Waals surface area contributed by atoms with Crippen molar-refractivity contribution >= 4 is 17.7 Å². The molecule has 2 heterocycles. The number of halogens is 1. The Hall–Kier alpha value is -1.61. The van der Waals surface area contributed by atoms with Gasteiger partial charge >= 0.3 is 0 Å². The van der Waals surface area contributed by atoms with Gasteiger partial charge in [-0.25, -0.2) is 0 Å². The molecule has 3 heteroatoms. The predicted molar refractivity (Wildman–Crippen MR) is 92.2 cm³/mol. The highest BCUT2D eigenvalue weighted by atomic mass is 35.5. The summed E-state index contributed by atoms with van der Waals surface area (Å²) in [5, 5.41) is 0.766. The van der Waals surface area contributed by atoms with Gasteiger partial charge in [0, 0.05) is 17.0 Å². The summed E-state index contributed by atoms with van der Waals surface area (Å²) in [6, 6.07) is 18.2. The molecule has 0 saturated carbocycles. The molecule has 0 radical (unpaired) electrons. The topological polar surface area (TPSA) is 18.5 Å². The molecule has 2 bridgehead atoms. The van der Waals surface area contributed by atoms with E-state index in [9.17, 15) is 0 Å². The largest absolute Gasteiger partial charge is 0.343 e. The lowest BCUT2D eigenvalue weighted by molar-refractivity contribution is -0.204. The van der Waals surface area contributed by atoms with Crippen LogP contribution in [0.25, 0.3) is 6.08 Å². The molecule has 2 nitrogen and oxygen atoms in total. The van der Waals surface area contributed by atoms with E-state index < -0.39 is 5.79 Å². The minimum absolute atomic E-state index is 0.184. The van der Waals surface area contributed by atoms with Crippen molar-refractivity contribution in [2.75, 3.05) is 6.61 Å². The first kappa shape index (κ1) is 14.9. The highest BCUT2D eigenvalue weighted by Gasteiger charge is 2.48. The number of allylic oxidation sites excluding steroid dienone is 1. The third-order valence-corrected chi connectivity index (χ3v) is 4.85. The van der Waals surface area contributed by atoms with Gasteiger partial charge in [-0.15, -0.1) is 0 Å². The van der Waals surface area contributed by atoms with Crippen LogP contribution >= 0.6 is 11.6 Å². The summed E-state index contributed by atoms with van der Waals surface area (Å²) < 4.78 is 12.3. The molecule has 0 spiro atoms. The van der Waals surface area contributed by atoms with Crippen LogP contribution in [0.4, 0.5) is 0 Å². The Morgan fingerprint density at radius 3 is 2.61 bits per heavy atom. The van der Waals surface area contributed by atoms with E-state index in [-0.39, 0.29) is 6.10 Å². The fourth-order valence-corrected chi connectivity index (χ4v) is 3.61. The van der Waals surface area contributed by atoms with Gasteiger partial charge in [0.15, 0.2) is 5.79 Å². The molecule has 2 saturated heterocycles. The number of benzene rings is 2. The van der Waals surface area contributed by atoms with Crippen molar-refractivity contribution in [1.82, 2.24) is 0 Å². The zero-order valence-electron chi connectivity index (χ0n) is 12.8. The van der Waals surface area contributed by atoms with Crippen LogP contribution in [-0.4, -0.2) is 12.7 Å². The first-order valence-corrected chi connectivity index (χ1v) is 8.42. The van der Waals surface area contributed by atoms with Gasteiger partial charge in [-0.05, 0) is 30.0 Å². The number of fused-ring (bicyclic) bond motifs is 2. The predicted octanol–water partition coefficient (Wildman–Crippen LogP) is 5.03. The summed E-state index contributed by atoms with van der Waals surface area (Å²) in [4.78, 5) is 0. The highest BCUT2D eigenvalue weighted by molar-refractivity contribution is 6.30. The zero-order valence-corrected chi connectivity index (χ0v) is 13.6. The van der Waals surface area contributed by atoms with E-state index in [2.05, 4.69) is 24.3 Å². The first-order chi connectivity index (χ1) is 11.2. The Bertz CT molecular complexity index is 695. The Morgan fingerprint density at radius 2 is 1.83 bits per heavy atom. The van der Waals surface area contributed by atoms with Crippen LogP contribution in [0.15, 0.2) is 60.7 Å². The van der Waals surface area contributed by atoms with Crippen LogP contribution in [0.2, 0.25) is 5.02 Å². The monoisotopic (exact) mass is 326 g/mol. The maximum atomic E-state index is 6.20. The van der Waals surface area contributed by atoms with Gasteiger partial charge in [-0.1, -0.05) is 66.2 Å². The normalized spacial score (nSPS) is 30.0. The SMILES string of the molecule is Clc1ccc(/C=C/[C@H]2C[C@H]3CO[C@@](c4ccccc4)(C2)O3)cc1. The van der Waals surface area contributed by atoms with E-state index in [4.69, 9.17) is 21.1 Å². The average Bonchev–Trinajstić information content (AvgIpc) is 2.91. The molecule has 2 aromatic carbocycles. The molecule has 0 aromatic heterocycles. The van der Waals surface area contributed by atoms with E-state index in [0.29, 0.717) is 12.5 Å². The molecular weight excluding hydrogens is 308 g/mol. The van der Waals surface area contributed by atoms with Gasteiger partial charge in [0.05, 0.1) is 12.7 Å². The smallest absolute Gasteiger partial charge is 0.195 e. The van der Waals surface area contributed by atoms with Crippen LogP contribution in [0.3, 0.4) is 0 Å². The molecule has 118 valence electrons. The molecule has 3 atom stereocenters. The third kappa shape index (κ3) is 3.07. The fraction of sp³-hybridized carbons (Fsp3) is 0.300. The lowest BCUT2D eigenvalue weighted by atomic mass is 9.87. The van der Waals surface area contributed by atoms with Crippen molar-refractivity contribution in [2.24, 2.45) is 5.92 Å². The minimum Gasteiger partial charge on any atom is -0.343 e.